The van der Waals surface area contributed by atoms with Gasteiger partial charge in [0, 0.05) is 19.1 Å². The van der Waals surface area contributed by atoms with Crippen molar-refractivity contribution in [3.8, 4) is 0 Å². The van der Waals surface area contributed by atoms with E-state index in [4.69, 9.17) is 0 Å². The molecular weight excluding hydrogens is 327 g/mol. The lowest BCUT2D eigenvalue weighted by atomic mass is 10.2. The number of amides is 2. The van der Waals surface area contributed by atoms with E-state index < -0.39 is 49.3 Å². The molecule has 0 heterocycles. The number of halogens is 5. The van der Waals surface area contributed by atoms with Crippen LogP contribution in [0, 0.1) is 11.6 Å². The molecule has 1 rings (SSSR count). The molecule has 1 aromatic carbocycles. The van der Waals surface area contributed by atoms with E-state index in [1.165, 1.54) is 0 Å². The van der Waals surface area contributed by atoms with Crippen molar-refractivity contribution in [3.05, 3.63) is 23.8 Å². The Labute approximate surface area is 127 Å². The maximum Gasteiger partial charge on any atom is 0.411 e. The monoisotopic (exact) mass is 340 g/mol. The summed E-state index contributed by atoms with van der Waals surface area (Å²) >= 11 is 0. The van der Waals surface area contributed by atoms with Gasteiger partial charge in [-0.15, -0.1) is 0 Å². The minimum absolute atomic E-state index is 0.180. The first kappa shape index (κ1) is 18.8. The average Bonchev–Trinajstić information content (AvgIpc) is 2.39. The topological polar surface area (TPSA) is 67.4 Å². The molecule has 0 aliphatic heterocycles. The lowest BCUT2D eigenvalue weighted by molar-refractivity contribution is -0.174. The fraction of sp³-hybridized carbons (Fsp3) is 0.385. The summed E-state index contributed by atoms with van der Waals surface area (Å²) in [5.74, 6) is -3.87. The van der Waals surface area contributed by atoms with Gasteiger partial charge in [-0.2, -0.15) is 13.2 Å². The summed E-state index contributed by atoms with van der Waals surface area (Å²) in [5, 5.41) is 4.35. The number of rotatable bonds is 6. The molecule has 23 heavy (non-hydrogen) atoms. The molecule has 5 nitrogen and oxygen atoms in total. The minimum Gasteiger partial charge on any atom is -0.372 e. The molecule has 0 bridgehead atoms. The van der Waals surface area contributed by atoms with Crippen molar-refractivity contribution in [2.45, 2.75) is 19.5 Å². The molecule has 0 saturated heterocycles. The zero-order valence-corrected chi connectivity index (χ0v) is 11.9. The van der Waals surface area contributed by atoms with Crippen molar-refractivity contribution in [2.75, 3.05) is 23.8 Å². The number of benzene rings is 1. The van der Waals surface area contributed by atoms with Crippen LogP contribution in [-0.2, 0) is 14.3 Å². The van der Waals surface area contributed by atoms with Crippen LogP contribution in [0.3, 0.4) is 0 Å². The van der Waals surface area contributed by atoms with Crippen molar-refractivity contribution < 1.29 is 36.3 Å². The number of hydrogen-bond donors (Lipinski definition) is 2. The third-order valence-corrected chi connectivity index (χ3v) is 2.38. The van der Waals surface area contributed by atoms with Gasteiger partial charge in [-0.3, -0.25) is 9.59 Å². The quantitative estimate of drug-likeness (QED) is 0.618. The molecule has 0 aliphatic rings. The van der Waals surface area contributed by atoms with Crippen LogP contribution in [0.2, 0.25) is 0 Å². The van der Waals surface area contributed by atoms with Crippen molar-refractivity contribution in [1.82, 2.24) is 0 Å². The Hall–Kier alpha value is -2.23. The molecule has 1 aromatic rings. The second-order valence-electron chi connectivity index (χ2n) is 4.46. The molecule has 0 unspecified atom stereocenters. The fourth-order valence-corrected chi connectivity index (χ4v) is 1.51. The Bertz CT molecular complexity index is 590. The second kappa shape index (κ2) is 7.86. The first-order valence-electron chi connectivity index (χ1n) is 6.29. The predicted molar refractivity (Wildman–Crippen MR) is 70.8 cm³/mol. The van der Waals surface area contributed by atoms with Crippen LogP contribution in [0.15, 0.2) is 12.1 Å². The van der Waals surface area contributed by atoms with Gasteiger partial charge in [0.2, 0.25) is 11.8 Å². The summed E-state index contributed by atoms with van der Waals surface area (Å²) in [6, 6.07) is 1.32. The number of carbonyl (C=O) groups excluding carboxylic acids is 2. The van der Waals surface area contributed by atoms with Crippen LogP contribution >= 0.6 is 0 Å². The van der Waals surface area contributed by atoms with E-state index in [0.29, 0.717) is 12.1 Å². The number of hydrogen-bond acceptors (Lipinski definition) is 3. The number of carbonyl (C=O) groups is 2. The molecule has 0 saturated carbocycles. The van der Waals surface area contributed by atoms with Gasteiger partial charge in [-0.05, 0) is 0 Å². The van der Waals surface area contributed by atoms with E-state index in [-0.39, 0.29) is 11.4 Å². The van der Waals surface area contributed by atoms with Crippen LogP contribution in [-0.4, -0.2) is 31.2 Å². The first-order chi connectivity index (χ1) is 10.6. The van der Waals surface area contributed by atoms with Crippen LogP contribution < -0.4 is 10.6 Å². The number of ether oxygens (including phenoxy) is 1. The summed E-state index contributed by atoms with van der Waals surface area (Å²) in [4.78, 5) is 22.6. The number of nitrogens with one attached hydrogen (secondary N) is 2. The molecule has 0 aromatic heterocycles. The zero-order valence-electron chi connectivity index (χ0n) is 11.9. The van der Waals surface area contributed by atoms with Crippen LogP contribution in [0.25, 0.3) is 0 Å². The van der Waals surface area contributed by atoms with Crippen LogP contribution in [0.4, 0.5) is 33.3 Å². The molecular formula is C13H13F5N2O3. The summed E-state index contributed by atoms with van der Waals surface area (Å²) in [5.41, 5.74) is -0.402. The second-order valence-corrected chi connectivity index (χ2v) is 4.46. The maximum atomic E-state index is 13.2. The van der Waals surface area contributed by atoms with Gasteiger partial charge in [-0.25, -0.2) is 8.78 Å². The first-order valence-corrected chi connectivity index (χ1v) is 6.29. The molecule has 0 fully saturated rings. The standard InChI is InChI=1S/C13H13F5N2O3/c1-7(21)19-10-4-8(14)9(15)5-11(10)20-12(22)2-3-23-6-13(16,17)18/h4-5H,2-3,6H2,1H3,(H,19,21)(H,20,22). The van der Waals surface area contributed by atoms with Crippen LogP contribution in [0.5, 0.6) is 0 Å². The van der Waals surface area contributed by atoms with E-state index in [0.717, 1.165) is 6.92 Å². The predicted octanol–water partition coefficient (Wildman–Crippen LogP) is 2.83. The molecule has 0 aliphatic carbocycles. The highest BCUT2D eigenvalue weighted by Gasteiger charge is 2.27. The maximum absolute atomic E-state index is 13.2. The van der Waals surface area contributed by atoms with E-state index in [2.05, 4.69) is 15.4 Å². The van der Waals surface area contributed by atoms with Gasteiger partial charge in [0.25, 0.3) is 0 Å². The van der Waals surface area contributed by atoms with Crippen molar-refractivity contribution in [1.29, 1.82) is 0 Å². The Morgan fingerprint density at radius 1 is 1.09 bits per heavy atom. The summed E-state index contributed by atoms with van der Waals surface area (Å²) < 4.78 is 66.1. The molecule has 0 spiro atoms. The Kier molecular flexibility index (Phi) is 6.43. The highest BCUT2D eigenvalue weighted by Crippen LogP contribution is 2.25. The van der Waals surface area contributed by atoms with Gasteiger partial charge >= 0.3 is 6.18 Å². The van der Waals surface area contributed by atoms with E-state index >= 15 is 0 Å². The molecule has 128 valence electrons. The normalized spacial score (nSPS) is 11.2. The van der Waals surface area contributed by atoms with Gasteiger partial charge in [0.15, 0.2) is 11.6 Å². The SMILES string of the molecule is CC(=O)Nc1cc(F)c(F)cc1NC(=O)CCOCC(F)(F)F. The van der Waals surface area contributed by atoms with E-state index in [9.17, 15) is 31.5 Å². The molecule has 10 heteroatoms. The highest BCUT2D eigenvalue weighted by atomic mass is 19.4. The van der Waals surface area contributed by atoms with Gasteiger partial charge in [-0.1, -0.05) is 0 Å². The van der Waals surface area contributed by atoms with Gasteiger partial charge in [0.1, 0.15) is 6.61 Å². The van der Waals surface area contributed by atoms with Gasteiger partial charge in [0.05, 0.1) is 24.4 Å². The lowest BCUT2D eigenvalue weighted by Gasteiger charge is -2.12. The average molecular weight is 340 g/mol. The number of alkyl halides is 3. The van der Waals surface area contributed by atoms with Crippen molar-refractivity contribution >= 4 is 23.2 Å². The van der Waals surface area contributed by atoms with E-state index in [1.807, 2.05) is 0 Å². The van der Waals surface area contributed by atoms with E-state index in [1.54, 1.807) is 0 Å². The van der Waals surface area contributed by atoms with Gasteiger partial charge < -0.3 is 15.4 Å². The lowest BCUT2D eigenvalue weighted by Crippen LogP contribution is -2.20. The molecule has 0 atom stereocenters. The largest absolute Gasteiger partial charge is 0.411 e. The Morgan fingerprint density at radius 2 is 1.61 bits per heavy atom. The van der Waals surface area contributed by atoms with Crippen LogP contribution in [0.1, 0.15) is 13.3 Å². The molecule has 2 amide bonds. The zero-order chi connectivity index (χ0) is 17.6. The smallest absolute Gasteiger partial charge is 0.372 e. The number of anilines is 2. The Balaban J connectivity index is 2.66. The minimum atomic E-state index is -4.50. The third kappa shape index (κ3) is 7.04. The van der Waals surface area contributed by atoms with Crippen molar-refractivity contribution in [2.24, 2.45) is 0 Å². The third-order valence-electron chi connectivity index (χ3n) is 2.38. The fourth-order valence-electron chi connectivity index (χ4n) is 1.51. The molecule has 0 radical (unpaired) electrons. The Morgan fingerprint density at radius 3 is 2.09 bits per heavy atom. The van der Waals surface area contributed by atoms with Crippen molar-refractivity contribution in [3.63, 3.8) is 0 Å². The highest BCUT2D eigenvalue weighted by molar-refractivity contribution is 5.98. The summed E-state index contributed by atoms with van der Waals surface area (Å²) in [6.07, 6.45) is -4.94. The summed E-state index contributed by atoms with van der Waals surface area (Å²) in [7, 11) is 0. The molecule has 2 N–H and O–H groups in total. The summed E-state index contributed by atoms with van der Waals surface area (Å²) in [6.45, 7) is -0.884.